The van der Waals surface area contributed by atoms with Gasteiger partial charge in [0.1, 0.15) is 10.6 Å². The van der Waals surface area contributed by atoms with Crippen molar-refractivity contribution in [1.29, 1.82) is 0 Å². The summed E-state index contributed by atoms with van der Waals surface area (Å²) < 4.78 is 17.6. The lowest BCUT2D eigenvalue weighted by atomic mass is 9.98. The molecule has 0 radical (unpaired) electrons. The molecule has 2 aromatic carbocycles. The molecule has 0 unspecified atom stereocenters. The number of nitrogens with zero attached hydrogens (tertiary/aromatic N) is 3. The zero-order chi connectivity index (χ0) is 23.8. The number of aryl methyl sites for hydroxylation is 1. The van der Waals surface area contributed by atoms with Gasteiger partial charge in [0.25, 0.3) is 5.91 Å². The van der Waals surface area contributed by atoms with Crippen molar-refractivity contribution in [2.24, 2.45) is 0 Å². The van der Waals surface area contributed by atoms with Crippen LogP contribution in [-0.4, -0.2) is 29.3 Å². The molecule has 0 saturated heterocycles. The molecule has 4 aromatic rings. The molecular formula is C25H23N3O5S. The number of hydrogen-bond donors (Lipinski definition) is 0. The summed E-state index contributed by atoms with van der Waals surface area (Å²) in [6.07, 6.45) is 0.857. The first-order valence-electron chi connectivity index (χ1n) is 11.1. The summed E-state index contributed by atoms with van der Waals surface area (Å²) in [5.74, 6) is 0.753. The third-order valence-electron chi connectivity index (χ3n) is 5.54. The number of benzene rings is 2. The molecule has 0 N–H and O–H groups in total. The highest BCUT2D eigenvalue weighted by atomic mass is 32.1. The van der Waals surface area contributed by atoms with Crippen molar-refractivity contribution < 1.29 is 18.7 Å². The first-order chi connectivity index (χ1) is 16.5. The number of para-hydroxylation sites is 1. The maximum absolute atomic E-state index is 13.6. The average molecular weight is 478 g/mol. The normalized spacial score (nSPS) is 15.1. The summed E-state index contributed by atoms with van der Waals surface area (Å²) >= 11 is 1.28. The second kappa shape index (κ2) is 8.90. The Labute approximate surface area is 199 Å². The molecule has 0 spiro atoms. The van der Waals surface area contributed by atoms with E-state index in [1.54, 1.807) is 24.3 Å². The Hall–Kier alpha value is -3.72. The number of amides is 1. The summed E-state index contributed by atoms with van der Waals surface area (Å²) in [4.78, 5) is 28.7. The number of carbonyl (C=O) groups is 1. The van der Waals surface area contributed by atoms with Crippen molar-refractivity contribution in [3.8, 4) is 11.5 Å². The van der Waals surface area contributed by atoms with E-state index in [9.17, 15) is 9.59 Å². The summed E-state index contributed by atoms with van der Waals surface area (Å²) in [6.45, 7) is 6.73. The van der Waals surface area contributed by atoms with Crippen molar-refractivity contribution in [3.63, 3.8) is 0 Å². The minimum atomic E-state index is -0.741. The summed E-state index contributed by atoms with van der Waals surface area (Å²) in [6, 6.07) is 11.7. The quantitative estimate of drug-likeness (QED) is 0.374. The zero-order valence-corrected chi connectivity index (χ0v) is 19.8. The van der Waals surface area contributed by atoms with Gasteiger partial charge in [-0.1, -0.05) is 36.5 Å². The van der Waals surface area contributed by atoms with Crippen molar-refractivity contribution in [2.75, 3.05) is 18.1 Å². The Morgan fingerprint density at radius 1 is 1.06 bits per heavy atom. The number of hydrogen-bond acceptors (Lipinski definition) is 8. The molecule has 0 aliphatic carbocycles. The second-order valence-corrected chi connectivity index (χ2v) is 9.00. The van der Waals surface area contributed by atoms with Crippen LogP contribution in [0.25, 0.3) is 11.0 Å². The molecule has 2 aromatic heterocycles. The van der Waals surface area contributed by atoms with Crippen LogP contribution >= 0.6 is 11.3 Å². The predicted octanol–water partition coefficient (Wildman–Crippen LogP) is 4.89. The van der Waals surface area contributed by atoms with Crippen molar-refractivity contribution >= 4 is 33.3 Å². The smallest absolute Gasteiger partial charge is 0.297 e. The molecule has 1 amide bonds. The molecule has 0 fully saturated rings. The molecule has 1 aliphatic heterocycles. The maximum atomic E-state index is 13.6. The summed E-state index contributed by atoms with van der Waals surface area (Å²) in [5, 5.41) is 9.80. The van der Waals surface area contributed by atoms with E-state index in [1.807, 2.05) is 39.0 Å². The van der Waals surface area contributed by atoms with Gasteiger partial charge in [-0.05, 0) is 50.1 Å². The first-order valence-corrected chi connectivity index (χ1v) is 11.9. The summed E-state index contributed by atoms with van der Waals surface area (Å²) in [5.41, 5.74) is 1.09. The molecule has 0 bridgehead atoms. The van der Waals surface area contributed by atoms with Gasteiger partial charge >= 0.3 is 0 Å². The van der Waals surface area contributed by atoms with Crippen LogP contribution in [0.3, 0.4) is 0 Å². The molecule has 1 aliphatic rings. The number of rotatable bonds is 7. The molecular weight excluding hydrogens is 454 g/mol. The molecule has 0 saturated carbocycles. The lowest BCUT2D eigenvalue weighted by Crippen LogP contribution is -2.29. The minimum absolute atomic E-state index is 0.0193. The van der Waals surface area contributed by atoms with Crippen LogP contribution in [0.1, 0.15) is 53.0 Å². The van der Waals surface area contributed by atoms with Crippen LogP contribution in [-0.2, 0) is 0 Å². The third kappa shape index (κ3) is 3.62. The Balaban J connectivity index is 1.73. The lowest BCUT2D eigenvalue weighted by Gasteiger charge is -2.23. The van der Waals surface area contributed by atoms with Gasteiger partial charge in [0, 0.05) is 0 Å². The van der Waals surface area contributed by atoms with E-state index in [4.69, 9.17) is 13.9 Å². The maximum Gasteiger partial charge on any atom is 0.297 e. The Morgan fingerprint density at radius 2 is 1.88 bits per heavy atom. The van der Waals surface area contributed by atoms with Gasteiger partial charge in [-0.2, -0.15) is 0 Å². The van der Waals surface area contributed by atoms with Crippen molar-refractivity contribution in [3.05, 3.63) is 74.6 Å². The van der Waals surface area contributed by atoms with Crippen LogP contribution in [0.4, 0.5) is 5.13 Å². The van der Waals surface area contributed by atoms with Gasteiger partial charge in [-0.15, -0.1) is 10.2 Å². The van der Waals surface area contributed by atoms with Crippen LogP contribution in [0, 0.1) is 6.92 Å². The van der Waals surface area contributed by atoms with Crippen LogP contribution < -0.4 is 19.8 Å². The molecule has 9 heteroatoms. The highest BCUT2D eigenvalue weighted by molar-refractivity contribution is 7.15. The van der Waals surface area contributed by atoms with Gasteiger partial charge < -0.3 is 13.9 Å². The van der Waals surface area contributed by atoms with E-state index in [-0.39, 0.29) is 16.8 Å². The van der Waals surface area contributed by atoms with Gasteiger partial charge in [-0.3, -0.25) is 14.5 Å². The first kappa shape index (κ1) is 22.1. The number of fused-ring (bicyclic) bond motifs is 2. The number of anilines is 1. The van der Waals surface area contributed by atoms with Gasteiger partial charge in [0.05, 0.1) is 30.2 Å². The van der Waals surface area contributed by atoms with E-state index < -0.39 is 11.9 Å². The van der Waals surface area contributed by atoms with Crippen LogP contribution in [0.15, 0.2) is 51.7 Å². The lowest BCUT2D eigenvalue weighted by molar-refractivity contribution is 0.0970. The number of ether oxygens (including phenoxy) is 2. The zero-order valence-electron chi connectivity index (χ0n) is 19.0. The fourth-order valence-corrected chi connectivity index (χ4v) is 4.82. The molecule has 3 heterocycles. The standard InChI is InChI=1S/C25H23N3O5S/c1-4-12-32-18-11-10-15(13-19(18)31-5-2)21-20-22(29)16-8-6-7-9-17(16)33-23(20)24(30)28(21)25-27-26-14(3)34-25/h6-11,13,21H,4-5,12H2,1-3H3/t21-/m0/s1. The molecule has 5 rings (SSSR count). The van der Waals surface area contributed by atoms with E-state index in [0.717, 1.165) is 6.42 Å². The van der Waals surface area contributed by atoms with Gasteiger partial charge in [0.2, 0.25) is 10.9 Å². The van der Waals surface area contributed by atoms with Gasteiger partial charge in [-0.25, -0.2) is 0 Å². The molecule has 34 heavy (non-hydrogen) atoms. The fraction of sp³-hybridized carbons (Fsp3) is 0.280. The van der Waals surface area contributed by atoms with Crippen LogP contribution in [0.5, 0.6) is 11.5 Å². The minimum Gasteiger partial charge on any atom is -0.490 e. The average Bonchev–Trinajstić information content (AvgIpc) is 3.39. The monoisotopic (exact) mass is 477 g/mol. The number of aromatic nitrogens is 2. The highest BCUT2D eigenvalue weighted by Crippen LogP contribution is 2.44. The van der Waals surface area contributed by atoms with Gasteiger partial charge in [0.15, 0.2) is 16.9 Å². The Kier molecular flexibility index (Phi) is 5.79. The topological polar surface area (TPSA) is 94.8 Å². The van der Waals surface area contributed by atoms with E-state index >= 15 is 0 Å². The predicted molar refractivity (Wildman–Crippen MR) is 129 cm³/mol. The van der Waals surface area contributed by atoms with Crippen molar-refractivity contribution in [1.82, 2.24) is 10.2 Å². The van der Waals surface area contributed by atoms with Crippen molar-refractivity contribution in [2.45, 2.75) is 33.2 Å². The van der Waals surface area contributed by atoms with Crippen LogP contribution in [0.2, 0.25) is 0 Å². The number of carbonyl (C=O) groups excluding carboxylic acids is 1. The summed E-state index contributed by atoms with van der Waals surface area (Å²) in [7, 11) is 0. The Morgan fingerprint density at radius 3 is 2.62 bits per heavy atom. The molecule has 1 atom stereocenters. The molecule has 174 valence electrons. The molecule has 8 nitrogen and oxygen atoms in total. The largest absolute Gasteiger partial charge is 0.490 e. The highest BCUT2D eigenvalue weighted by Gasteiger charge is 2.45. The third-order valence-corrected chi connectivity index (χ3v) is 6.38. The van der Waals surface area contributed by atoms with E-state index in [0.29, 0.717) is 51.4 Å². The fourth-order valence-electron chi connectivity index (χ4n) is 4.11. The van der Waals surface area contributed by atoms with E-state index in [1.165, 1.54) is 16.2 Å². The Bertz CT molecular complexity index is 1440. The van der Waals surface area contributed by atoms with E-state index in [2.05, 4.69) is 10.2 Å². The second-order valence-electron chi connectivity index (χ2n) is 7.84. The SMILES string of the molecule is CCCOc1ccc([C@H]2c3c(oc4ccccc4c3=O)C(=O)N2c2nnc(C)s2)cc1OCC.